The molecule has 0 saturated heterocycles. The van der Waals surface area contributed by atoms with Gasteiger partial charge in [-0.15, -0.1) is 10.2 Å². The molecule has 0 aliphatic carbocycles. The van der Waals surface area contributed by atoms with Crippen LogP contribution in [0, 0.1) is 12.8 Å². The summed E-state index contributed by atoms with van der Waals surface area (Å²) < 4.78 is 5.68. The number of nitrogens with zero attached hydrogens (tertiary/aromatic N) is 4. The lowest BCUT2D eigenvalue weighted by Gasteiger charge is -2.26. The third-order valence-electron chi connectivity index (χ3n) is 7.04. The fourth-order valence-corrected chi connectivity index (χ4v) is 5.03. The third-order valence-corrected chi connectivity index (χ3v) is 7.29. The second kappa shape index (κ2) is 12.7. The quantitative estimate of drug-likeness (QED) is 0.276. The normalized spacial score (nSPS) is 15.5. The molecule has 3 aromatic carbocycles. The lowest BCUT2D eigenvalue weighted by Crippen LogP contribution is -2.51. The van der Waals surface area contributed by atoms with E-state index in [2.05, 4.69) is 20.5 Å². The molecule has 0 bridgehead atoms. The summed E-state index contributed by atoms with van der Waals surface area (Å²) in [5, 5.41) is 11.3. The minimum atomic E-state index is -1.25. The van der Waals surface area contributed by atoms with E-state index in [1.54, 1.807) is 50.2 Å². The molecule has 2 amide bonds. The van der Waals surface area contributed by atoms with E-state index in [0.29, 0.717) is 34.3 Å². The van der Waals surface area contributed by atoms with Crippen LogP contribution in [0.2, 0.25) is 5.02 Å². The van der Waals surface area contributed by atoms with Crippen molar-refractivity contribution in [1.29, 1.82) is 0 Å². The predicted octanol–water partition coefficient (Wildman–Crippen LogP) is 4.11. The van der Waals surface area contributed by atoms with Crippen LogP contribution in [0.3, 0.4) is 0 Å². The maximum absolute atomic E-state index is 13.4. The zero-order chi connectivity index (χ0) is 30.7. The summed E-state index contributed by atoms with van der Waals surface area (Å²) in [6.07, 6.45) is -0.879. The molecule has 11 heteroatoms. The Morgan fingerprint density at radius 2 is 1.79 bits per heavy atom. The fourth-order valence-electron chi connectivity index (χ4n) is 4.90. The molecular weight excluding hydrogens is 568 g/mol. The molecule has 0 spiro atoms. The van der Waals surface area contributed by atoms with E-state index in [9.17, 15) is 14.4 Å². The number of para-hydroxylation sites is 1. The average molecular weight is 599 g/mol. The van der Waals surface area contributed by atoms with Crippen molar-refractivity contribution in [3.63, 3.8) is 0 Å². The van der Waals surface area contributed by atoms with Crippen LogP contribution < -0.4 is 16.0 Å². The van der Waals surface area contributed by atoms with Crippen molar-refractivity contribution in [2.24, 2.45) is 16.6 Å². The van der Waals surface area contributed by atoms with Crippen LogP contribution in [0.15, 0.2) is 82.2 Å². The van der Waals surface area contributed by atoms with Gasteiger partial charge in [0.1, 0.15) is 6.54 Å². The number of hydrogen-bond donors (Lipinski definition) is 2. The van der Waals surface area contributed by atoms with E-state index in [0.717, 1.165) is 16.7 Å². The van der Waals surface area contributed by atoms with Crippen molar-refractivity contribution >= 4 is 40.6 Å². The van der Waals surface area contributed by atoms with Crippen molar-refractivity contribution in [1.82, 2.24) is 15.5 Å². The topological polar surface area (TPSA) is 144 Å². The number of ketones is 1. The predicted molar refractivity (Wildman–Crippen MR) is 163 cm³/mol. The summed E-state index contributed by atoms with van der Waals surface area (Å²) in [4.78, 5) is 46.0. The summed E-state index contributed by atoms with van der Waals surface area (Å²) in [6, 6.07) is 21.0. The second-order valence-electron chi connectivity index (χ2n) is 10.7. The highest BCUT2D eigenvalue weighted by Crippen LogP contribution is 2.28. The maximum atomic E-state index is 13.4. The molecule has 220 valence electrons. The lowest BCUT2D eigenvalue weighted by atomic mass is 9.99. The van der Waals surface area contributed by atoms with Crippen molar-refractivity contribution in [3.05, 3.63) is 112 Å². The largest absolute Gasteiger partial charge is 0.418 e. The zero-order valence-electron chi connectivity index (χ0n) is 24.0. The molecule has 0 unspecified atom stereocenters. The lowest BCUT2D eigenvalue weighted by molar-refractivity contribution is -0.124. The van der Waals surface area contributed by atoms with Crippen LogP contribution >= 0.6 is 11.6 Å². The molecule has 2 atom stereocenters. The summed E-state index contributed by atoms with van der Waals surface area (Å²) in [6.45, 7) is 5.19. The van der Waals surface area contributed by atoms with Crippen molar-refractivity contribution in [3.8, 4) is 0 Å². The number of amides is 2. The molecule has 0 saturated carbocycles. The first-order valence-corrected chi connectivity index (χ1v) is 14.2. The molecule has 0 radical (unpaired) electrons. The monoisotopic (exact) mass is 598 g/mol. The minimum absolute atomic E-state index is 0.194. The summed E-state index contributed by atoms with van der Waals surface area (Å²) >= 11 is 6.07. The minimum Gasteiger partial charge on any atom is -0.418 e. The standard InChI is InChI=1S/C32H31ClN6O4/c1-18(2)27(29(41)31-38-37-26(43-31)16-20-8-6-7-19(3)15-20)35-25(40)17-39-24-10-5-4-9-23(24)28(36-30(34)32(39)42)21-11-13-22(33)14-12-21/h4-15,18,27,30H,16-17,34H2,1-3H3,(H,35,40)/t27-,30-/m1/s1. The zero-order valence-corrected chi connectivity index (χ0v) is 24.7. The molecule has 4 aromatic rings. The van der Waals surface area contributed by atoms with Gasteiger partial charge in [0.25, 0.3) is 11.8 Å². The van der Waals surface area contributed by atoms with Crippen molar-refractivity contribution in [2.75, 3.05) is 11.4 Å². The molecule has 10 nitrogen and oxygen atoms in total. The van der Waals surface area contributed by atoms with Crippen LogP contribution in [0.5, 0.6) is 0 Å². The number of carbonyl (C=O) groups excluding carboxylic acids is 3. The molecule has 1 aliphatic rings. The van der Waals surface area contributed by atoms with Gasteiger partial charge in [-0.2, -0.15) is 0 Å². The third kappa shape index (κ3) is 6.71. The molecule has 3 N–H and O–H groups in total. The number of benzodiazepines with no additional fused rings is 1. The Kier molecular flexibility index (Phi) is 8.79. The SMILES string of the molecule is Cc1cccc(Cc2nnc(C(=O)[C@H](NC(=O)CN3C(=O)[C@H](N)N=C(c4ccc(Cl)cc4)c4ccccc43)C(C)C)o2)c1. The highest BCUT2D eigenvalue weighted by molar-refractivity contribution is 6.31. The summed E-state index contributed by atoms with van der Waals surface area (Å²) in [5.41, 5.74) is 10.6. The number of rotatable bonds is 9. The number of aromatic nitrogens is 2. The molecule has 1 aromatic heterocycles. The first-order valence-electron chi connectivity index (χ1n) is 13.8. The highest BCUT2D eigenvalue weighted by Gasteiger charge is 2.34. The number of aliphatic imine (C=N–C) groups is 1. The van der Waals surface area contributed by atoms with Gasteiger partial charge in [-0.1, -0.05) is 85.6 Å². The second-order valence-corrected chi connectivity index (χ2v) is 11.1. The van der Waals surface area contributed by atoms with Crippen LogP contribution in [0.25, 0.3) is 0 Å². The van der Waals surface area contributed by atoms with E-state index in [-0.39, 0.29) is 18.4 Å². The van der Waals surface area contributed by atoms with E-state index >= 15 is 0 Å². The van der Waals surface area contributed by atoms with Crippen LogP contribution in [-0.4, -0.2) is 52.3 Å². The number of carbonyl (C=O) groups is 3. The Labute approximate surface area is 254 Å². The fraction of sp³-hybridized carbons (Fsp3) is 0.250. The van der Waals surface area contributed by atoms with Gasteiger partial charge in [0.05, 0.1) is 23.9 Å². The Hall–Kier alpha value is -4.67. The van der Waals surface area contributed by atoms with Crippen LogP contribution in [0.4, 0.5) is 5.69 Å². The van der Waals surface area contributed by atoms with Crippen LogP contribution in [-0.2, 0) is 16.0 Å². The summed E-state index contributed by atoms with van der Waals surface area (Å²) in [7, 11) is 0. The van der Waals surface area contributed by atoms with Crippen LogP contribution in [0.1, 0.15) is 52.7 Å². The summed E-state index contributed by atoms with van der Waals surface area (Å²) in [5.74, 6) is -1.84. The highest BCUT2D eigenvalue weighted by atomic mass is 35.5. The van der Waals surface area contributed by atoms with E-state index in [4.69, 9.17) is 21.8 Å². The van der Waals surface area contributed by atoms with Crippen molar-refractivity contribution in [2.45, 2.75) is 39.4 Å². The number of nitrogens with one attached hydrogen (secondary N) is 1. The van der Waals surface area contributed by atoms with Gasteiger partial charge in [-0.3, -0.25) is 24.3 Å². The number of fused-ring (bicyclic) bond motifs is 1. The Balaban J connectivity index is 1.34. The number of anilines is 1. The molecule has 1 aliphatic heterocycles. The first kappa shape index (κ1) is 29.8. The molecule has 43 heavy (non-hydrogen) atoms. The van der Waals surface area contributed by atoms with Gasteiger partial charge >= 0.3 is 0 Å². The van der Waals surface area contributed by atoms with Gasteiger partial charge in [-0.25, -0.2) is 0 Å². The van der Waals surface area contributed by atoms with Gasteiger partial charge in [0, 0.05) is 16.1 Å². The van der Waals surface area contributed by atoms with E-state index < -0.39 is 29.8 Å². The Bertz CT molecular complexity index is 1700. The van der Waals surface area contributed by atoms with Gasteiger partial charge in [0.2, 0.25) is 17.6 Å². The van der Waals surface area contributed by atoms with Gasteiger partial charge in [0.15, 0.2) is 6.17 Å². The van der Waals surface area contributed by atoms with Crippen molar-refractivity contribution < 1.29 is 18.8 Å². The number of halogens is 1. The Morgan fingerprint density at radius 3 is 2.51 bits per heavy atom. The number of benzene rings is 3. The van der Waals surface area contributed by atoms with E-state index in [1.807, 2.05) is 43.3 Å². The van der Waals surface area contributed by atoms with E-state index in [1.165, 1.54) is 4.90 Å². The maximum Gasteiger partial charge on any atom is 0.286 e. The number of hydrogen-bond acceptors (Lipinski definition) is 8. The smallest absolute Gasteiger partial charge is 0.286 e. The number of aryl methyl sites for hydroxylation is 1. The Morgan fingerprint density at radius 1 is 1.05 bits per heavy atom. The molecule has 2 heterocycles. The molecule has 5 rings (SSSR count). The number of nitrogens with two attached hydrogens (primary N) is 1. The van der Waals surface area contributed by atoms with Gasteiger partial charge < -0.3 is 15.5 Å². The first-order chi connectivity index (χ1) is 20.6. The molecule has 0 fully saturated rings. The number of Topliss-reactive ketones (excluding diaryl/α,β-unsaturated/α-hetero) is 1. The molecular formula is C32H31ClN6O4. The average Bonchev–Trinajstić information content (AvgIpc) is 3.42. The van der Waals surface area contributed by atoms with Gasteiger partial charge in [-0.05, 0) is 36.6 Å².